The third-order valence-corrected chi connectivity index (χ3v) is 5.07. The van der Waals surface area contributed by atoms with Gasteiger partial charge in [-0.3, -0.25) is 4.79 Å². The van der Waals surface area contributed by atoms with Gasteiger partial charge in [0.1, 0.15) is 0 Å². The molecule has 0 spiro atoms. The van der Waals surface area contributed by atoms with E-state index in [2.05, 4.69) is 4.98 Å². The number of primary amides is 1. The number of halogens is 1. The zero-order valence-corrected chi connectivity index (χ0v) is 12.7. The first-order valence-corrected chi connectivity index (χ1v) is 7.84. The molecule has 19 heavy (non-hydrogen) atoms. The highest BCUT2D eigenvalue weighted by molar-refractivity contribution is 8.00. The second-order valence-corrected chi connectivity index (χ2v) is 6.79. The van der Waals surface area contributed by atoms with Gasteiger partial charge in [0.05, 0.1) is 12.1 Å². The van der Waals surface area contributed by atoms with Crippen molar-refractivity contribution in [2.45, 2.75) is 23.4 Å². The van der Waals surface area contributed by atoms with Gasteiger partial charge in [0.25, 0.3) is 0 Å². The van der Waals surface area contributed by atoms with E-state index in [1.807, 2.05) is 31.2 Å². The van der Waals surface area contributed by atoms with Gasteiger partial charge in [-0.25, -0.2) is 4.98 Å². The Balaban J connectivity index is 2.02. The van der Waals surface area contributed by atoms with Crippen molar-refractivity contribution in [1.82, 2.24) is 4.98 Å². The first-order chi connectivity index (χ1) is 9.04. The maximum Gasteiger partial charge on any atom is 0.222 e. The number of thiazole rings is 1. The van der Waals surface area contributed by atoms with E-state index in [0.717, 1.165) is 31.2 Å². The molecule has 2 aromatic rings. The van der Waals surface area contributed by atoms with Crippen molar-refractivity contribution in [3.63, 3.8) is 0 Å². The molecule has 0 saturated heterocycles. The van der Waals surface area contributed by atoms with Crippen LogP contribution in [0.4, 0.5) is 0 Å². The molecule has 0 bridgehead atoms. The summed E-state index contributed by atoms with van der Waals surface area (Å²) in [6.45, 7) is 1.90. The van der Waals surface area contributed by atoms with E-state index in [-0.39, 0.29) is 12.3 Å². The number of amides is 1. The molecule has 0 saturated carbocycles. The van der Waals surface area contributed by atoms with E-state index < -0.39 is 0 Å². The molecule has 1 amide bonds. The predicted octanol–water partition coefficient (Wildman–Crippen LogP) is 3.43. The highest BCUT2D eigenvalue weighted by Gasteiger charge is 2.10. The first-order valence-electron chi connectivity index (χ1n) is 5.66. The van der Waals surface area contributed by atoms with E-state index in [1.54, 1.807) is 11.8 Å². The standard InChI is InChI=1S/C13H13ClN2OS2/c1-8-11(6-12(15)17)19-13(16-8)18-7-9-3-2-4-10(14)5-9/h2-5H,6-7H2,1H3,(H2,15,17). The number of benzene rings is 1. The molecule has 3 nitrogen and oxygen atoms in total. The van der Waals surface area contributed by atoms with Crippen molar-refractivity contribution >= 4 is 40.6 Å². The first kappa shape index (κ1) is 14.4. The van der Waals surface area contributed by atoms with E-state index in [9.17, 15) is 4.79 Å². The molecule has 100 valence electrons. The molecule has 0 radical (unpaired) electrons. The Morgan fingerprint density at radius 3 is 3.00 bits per heavy atom. The van der Waals surface area contributed by atoms with Gasteiger partial charge < -0.3 is 5.73 Å². The molecule has 0 aliphatic heterocycles. The lowest BCUT2D eigenvalue weighted by Crippen LogP contribution is -2.13. The molecule has 0 fully saturated rings. The Hall–Kier alpha value is -1.04. The monoisotopic (exact) mass is 312 g/mol. The van der Waals surface area contributed by atoms with Crippen LogP contribution in [-0.4, -0.2) is 10.9 Å². The number of thioether (sulfide) groups is 1. The Labute approximate surface area is 125 Å². The molecular weight excluding hydrogens is 300 g/mol. The fraction of sp³-hybridized carbons (Fsp3) is 0.231. The van der Waals surface area contributed by atoms with E-state index >= 15 is 0 Å². The fourth-order valence-electron chi connectivity index (χ4n) is 1.56. The summed E-state index contributed by atoms with van der Waals surface area (Å²) in [6.07, 6.45) is 0.265. The molecule has 2 rings (SSSR count). The number of aryl methyl sites for hydroxylation is 1. The zero-order valence-electron chi connectivity index (χ0n) is 10.4. The summed E-state index contributed by atoms with van der Waals surface area (Å²) in [6, 6.07) is 7.76. The average molecular weight is 313 g/mol. The topological polar surface area (TPSA) is 56.0 Å². The maximum atomic E-state index is 10.9. The van der Waals surface area contributed by atoms with Gasteiger partial charge in [-0.1, -0.05) is 35.5 Å². The number of nitrogens with zero attached hydrogens (tertiary/aromatic N) is 1. The molecule has 1 aromatic carbocycles. The lowest BCUT2D eigenvalue weighted by Gasteiger charge is -1.99. The largest absolute Gasteiger partial charge is 0.369 e. The van der Waals surface area contributed by atoms with E-state index in [1.165, 1.54) is 11.3 Å². The SMILES string of the molecule is Cc1nc(SCc2cccc(Cl)c2)sc1CC(N)=O. The Morgan fingerprint density at radius 2 is 2.32 bits per heavy atom. The summed E-state index contributed by atoms with van der Waals surface area (Å²) < 4.78 is 0.953. The van der Waals surface area contributed by atoms with Gasteiger partial charge in [-0.15, -0.1) is 11.3 Å². The van der Waals surface area contributed by atoms with Crippen molar-refractivity contribution in [3.05, 3.63) is 45.4 Å². The highest BCUT2D eigenvalue weighted by Crippen LogP contribution is 2.30. The number of hydrogen-bond donors (Lipinski definition) is 1. The van der Waals surface area contributed by atoms with Gasteiger partial charge in [0, 0.05) is 15.7 Å². The number of aromatic nitrogens is 1. The van der Waals surface area contributed by atoms with Gasteiger partial charge in [-0.05, 0) is 24.6 Å². The average Bonchev–Trinajstić information content (AvgIpc) is 2.67. The second kappa shape index (κ2) is 6.41. The normalized spacial score (nSPS) is 10.6. The minimum absolute atomic E-state index is 0.265. The Kier molecular flexibility index (Phi) is 4.85. The third kappa shape index (κ3) is 4.23. The summed E-state index contributed by atoms with van der Waals surface area (Å²) in [5.41, 5.74) is 7.24. The van der Waals surface area contributed by atoms with E-state index in [0.29, 0.717) is 0 Å². The molecule has 0 atom stereocenters. The molecule has 2 N–H and O–H groups in total. The summed E-state index contributed by atoms with van der Waals surface area (Å²) >= 11 is 9.11. The van der Waals surface area contributed by atoms with Crippen molar-refractivity contribution in [3.8, 4) is 0 Å². The zero-order chi connectivity index (χ0) is 13.8. The minimum Gasteiger partial charge on any atom is -0.369 e. The van der Waals surface area contributed by atoms with Gasteiger partial charge in [-0.2, -0.15) is 0 Å². The second-order valence-electron chi connectivity index (χ2n) is 4.05. The molecule has 0 aliphatic carbocycles. The van der Waals surface area contributed by atoms with Crippen LogP contribution >= 0.6 is 34.7 Å². The van der Waals surface area contributed by atoms with Gasteiger partial charge >= 0.3 is 0 Å². The number of nitrogens with two attached hydrogens (primary N) is 1. The van der Waals surface area contributed by atoms with Crippen molar-refractivity contribution < 1.29 is 4.79 Å². The summed E-state index contributed by atoms with van der Waals surface area (Å²) in [7, 11) is 0. The quantitative estimate of drug-likeness (QED) is 0.861. The number of carbonyl (C=O) groups is 1. The molecule has 0 aliphatic rings. The van der Waals surface area contributed by atoms with Crippen molar-refractivity contribution in [2.24, 2.45) is 5.73 Å². The van der Waals surface area contributed by atoms with Crippen molar-refractivity contribution in [1.29, 1.82) is 0 Å². The number of rotatable bonds is 5. The van der Waals surface area contributed by atoms with Crippen LogP contribution in [-0.2, 0) is 17.0 Å². The van der Waals surface area contributed by atoms with E-state index in [4.69, 9.17) is 17.3 Å². The molecule has 6 heteroatoms. The van der Waals surface area contributed by atoms with Crippen LogP contribution in [0.3, 0.4) is 0 Å². The minimum atomic E-state index is -0.321. The van der Waals surface area contributed by atoms with Crippen molar-refractivity contribution in [2.75, 3.05) is 0 Å². The summed E-state index contributed by atoms with van der Waals surface area (Å²) in [4.78, 5) is 16.3. The summed E-state index contributed by atoms with van der Waals surface area (Å²) in [5.74, 6) is 0.488. The molecular formula is C13H13ClN2OS2. The van der Waals surface area contributed by atoms with Crippen LogP contribution in [0.1, 0.15) is 16.1 Å². The number of hydrogen-bond acceptors (Lipinski definition) is 4. The van der Waals surface area contributed by atoms with Crippen LogP contribution in [0.15, 0.2) is 28.6 Å². The molecule has 1 heterocycles. The Bertz CT molecular complexity index is 598. The third-order valence-electron chi connectivity index (χ3n) is 2.46. The van der Waals surface area contributed by atoms with Crippen LogP contribution in [0, 0.1) is 6.92 Å². The predicted molar refractivity (Wildman–Crippen MR) is 80.8 cm³/mol. The van der Waals surface area contributed by atoms with Crippen LogP contribution < -0.4 is 5.73 Å². The number of carbonyl (C=O) groups excluding carboxylic acids is 1. The highest BCUT2D eigenvalue weighted by atomic mass is 35.5. The lowest BCUT2D eigenvalue weighted by atomic mass is 10.2. The summed E-state index contributed by atoms with van der Waals surface area (Å²) in [5, 5.41) is 0.739. The van der Waals surface area contributed by atoms with Crippen LogP contribution in [0.25, 0.3) is 0 Å². The Morgan fingerprint density at radius 1 is 1.53 bits per heavy atom. The molecule has 0 unspecified atom stereocenters. The fourth-order valence-corrected chi connectivity index (χ4v) is 3.96. The molecule has 1 aromatic heterocycles. The van der Waals surface area contributed by atoms with Crippen LogP contribution in [0.5, 0.6) is 0 Å². The lowest BCUT2D eigenvalue weighted by molar-refractivity contribution is -0.117. The smallest absolute Gasteiger partial charge is 0.222 e. The van der Waals surface area contributed by atoms with Gasteiger partial charge in [0.15, 0.2) is 4.34 Å². The maximum absolute atomic E-state index is 10.9. The van der Waals surface area contributed by atoms with Crippen LogP contribution in [0.2, 0.25) is 5.02 Å². The van der Waals surface area contributed by atoms with Gasteiger partial charge in [0.2, 0.25) is 5.91 Å².